The second kappa shape index (κ2) is 5.51. The van der Waals surface area contributed by atoms with Gasteiger partial charge >= 0.3 is 0 Å². The number of anilines is 1. The minimum Gasteiger partial charge on any atom is -0.399 e. The highest BCUT2D eigenvalue weighted by Gasteiger charge is 2.19. The van der Waals surface area contributed by atoms with Crippen molar-refractivity contribution in [2.75, 3.05) is 18.8 Å². The molecule has 2 aromatic rings. The second-order valence-corrected chi connectivity index (χ2v) is 5.97. The van der Waals surface area contributed by atoms with Gasteiger partial charge in [-0.25, -0.2) is 13.1 Å². The van der Waals surface area contributed by atoms with E-state index in [-0.39, 0.29) is 17.3 Å². The Morgan fingerprint density at radius 3 is 2.85 bits per heavy atom. The van der Waals surface area contributed by atoms with Gasteiger partial charge in [0.2, 0.25) is 15.9 Å². The third-order valence-corrected chi connectivity index (χ3v) is 4.20. The zero-order chi connectivity index (χ0) is 14.8. The van der Waals surface area contributed by atoms with Crippen molar-refractivity contribution in [2.24, 2.45) is 0 Å². The van der Waals surface area contributed by atoms with Crippen molar-refractivity contribution in [3.8, 4) is 0 Å². The van der Waals surface area contributed by atoms with Crippen molar-refractivity contribution in [1.82, 2.24) is 15.0 Å². The lowest BCUT2D eigenvalue weighted by Gasteiger charge is -2.06. The minimum atomic E-state index is -3.77. The molecule has 1 heterocycles. The molecule has 0 bridgehead atoms. The zero-order valence-corrected chi connectivity index (χ0v) is 11.8. The number of H-pyrrole nitrogens is 1. The number of hydrogen-bond donors (Lipinski definition) is 4. The number of likely N-dealkylation sites (N-methyl/N-ethyl adjacent to an activating group) is 1. The fraction of sp³-hybridized carbons (Fsp3) is 0.250. The summed E-state index contributed by atoms with van der Waals surface area (Å²) in [4.78, 5) is 14.2. The molecule has 0 radical (unpaired) electrons. The number of sulfonamides is 1. The Morgan fingerprint density at radius 1 is 1.40 bits per heavy atom. The van der Waals surface area contributed by atoms with E-state index < -0.39 is 10.0 Å². The van der Waals surface area contributed by atoms with Crippen LogP contribution in [0.2, 0.25) is 0 Å². The van der Waals surface area contributed by atoms with Crippen molar-refractivity contribution in [3.05, 3.63) is 24.4 Å². The van der Waals surface area contributed by atoms with E-state index in [2.05, 4.69) is 15.0 Å². The van der Waals surface area contributed by atoms with Crippen LogP contribution in [-0.2, 0) is 14.8 Å². The summed E-state index contributed by atoms with van der Waals surface area (Å²) in [6.45, 7) is 1.91. The Kier molecular flexibility index (Phi) is 3.96. The fourth-order valence-corrected chi connectivity index (χ4v) is 2.98. The minimum absolute atomic E-state index is 0.0732. The number of aromatic nitrogens is 1. The number of carbonyl (C=O) groups excluding carboxylic acids is 1. The van der Waals surface area contributed by atoms with Crippen molar-refractivity contribution < 1.29 is 13.2 Å². The van der Waals surface area contributed by atoms with Crippen LogP contribution in [0, 0.1) is 0 Å². The highest BCUT2D eigenvalue weighted by molar-refractivity contribution is 7.89. The van der Waals surface area contributed by atoms with Crippen LogP contribution in [0.4, 0.5) is 5.69 Å². The van der Waals surface area contributed by atoms with E-state index in [9.17, 15) is 13.2 Å². The number of hydrogen-bond acceptors (Lipinski definition) is 4. The third-order valence-electron chi connectivity index (χ3n) is 2.75. The Labute approximate surface area is 116 Å². The standard InChI is InChI=1S/C12H16N4O3S/c1-2-14-12(17)7-16-20(18,19)11-6-15-10-4-3-8(13)5-9(10)11/h3-6,15-16H,2,7,13H2,1H3,(H,14,17). The van der Waals surface area contributed by atoms with E-state index in [4.69, 9.17) is 5.73 Å². The van der Waals surface area contributed by atoms with E-state index in [1.54, 1.807) is 25.1 Å². The molecule has 1 amide bonds. The van der Waals surface area contributed by atoms with Crippen LogP contribution in [0.5, 0.6) is 0 Å². The second-order valence-electron chi connectivity index (χ2n) is 4.24. The van der Waals surface area contributed by atoms with Crippen LogP contribution >= 0.6 is 0 Å². The molecular weight excluding hydrogens is 280 g/mol. The molecule has 7 nitrogen and oxygen atoms in total. The molecule has 1 aromatic heterocycles. The average Bonchev–Trinajstić information content (AvgIpc) is 2.80. The molecule has 5 N–H and O–H groups in total. The summed E-state index contributed by atoms with van der Waals surface area (Å²) in [6.07, 6.45) is 1.38. The topological polar surface area (TPSA) is 117 Å². The lowest BCUT2D eigenvalue weighted by Crippen LogP contribution is -2.36. The summed E-state index contributed by atoms with van der Waals surface area (Å²) in [6, 6.07) is 4.96. The van der Waals surface area contributed by atoms with E-state index in [1.165, 1.54) is 6.20 Å². The molecule has 2 rings (SSSR count). The maximum absolute atomic E-state index is 12.2. The molecule has 0 saturated carbocycles. The zero-order valence-electron chi connectivity index (χ0n) is 10.9. The SMILES string of the molecule is CCNC(=O)CNS(=O)(=O)c1c[nH]c2ccc(N)cc12. The van der Waals surface area contributed by atoms with Crippen molar-refractivity contribution in [2.45, 2.75) is 11.8 Å². The van der Waals surface area contributed by atoms with Crippen molar-refractivity contribution in [3.63, 3.8) is 0 Å². The summed E-state index contributed by atoms with van der Waals surface area (Å²) in [7, 11) is -3.77. The van der Waals surface area contributed by atoms with Crippen LogP contribution in [0.25, 0.3) is 10.9 Å². The molecule has 8 heteroatoms. The first-order valence-corrected chi connectivity index (χ1v) is 7.55. The van der Waals surface area contributed by atoms with Crippen molar-refractivity contribution in [1.29, 1.82) is 0 Å². The predicted molar refractivity (Wildman–Crippen MR) is 76.6 cm³/mol. The number of nitrogen functional groups attached to an aromatic ring is 1. The molecule has 0 saturated heterocycles. The summed E-state index contributed by atoms with van der Waals surface area (Å²) < 4.78 is 26.6. The van der Waals surface area contributed by atoms with Crippen LogP contribution in [0.15, 0.2) is 29.3 Å². The predicted octanol–water partition coefficient (Wildman–Crippen LogP) is 0.165. The van der Waals surface area contributed by atoms with Gasteiger partial charge in [0, 0.05) is 29.3 Å². The quantitative estimate of drug-likeness (QED) is 0.588. The van der Waals surface area contributed by atoms with E-state index in [1.807, 2.05) is 0 Å². The van der Waals surface area contributed by atoms with Gasteiger partial charge in [0.15, 0.2) is 0 Å². The van der Waals surface area contributed by atoms with Crippen LogP contribution < -0.4 is 15.8 Å². The summed E-state index contributed by atoms with van der Waals surface area (Å²) in [5.74, 6) is -0.379. The maximum Gasteiger partial charge on any atom is 0.243 e. The molecule has 20 heavy (non-hydrogen) atoms. The van der Waals surface area contributed by atoms with Crippen molar-refractivity contribution >= 4 is 32.5 Å². The molecule has 1 aromatic carbocycles. The van der Waals surface area contributed by atoms with Gasteiger partial charge in [-0.2, -0.15) is 0 Å². The number of amides is 1. The Morgan fingerprint density at radius 2 is 2.15 bits per heavy atom. The lowest BCUT2D eigenvalue weighted by molar-refractivity contribution is -0.119. The van der Waals surface area contributed by atoms with Gasteiger partial charge in [-0.05, 0) is 25.1 Å². The Balaban J connectivity index is 2.28. The summed E-state index contributed by atoms with van der Waals surface area (Å²) in [5, 5.41) is 3.01. The highest BCUT2D eigenvalue weighted by atomic mass is 32.2. The molecule has 0 aliphatic carbocycles. The maximum atomic E-state index is 12.2. The Bertz CT molecular complexity index is 736. The van der Waals surface area contributed by atoms with Crippen LogP contribution in [0.1, 0.15) is 6.92 Å². The van der Waals surface area contributed by atoms with Gasteiger partial charge in [-0.15, -0.1) is 0 Å². The third kappa shape index (κ3) is 2.91. The molecular formula is C12H16N4O3S. The van der Waals surface area contributed by atoms with Crippen LogP contribution in [-0.4, -0.2) is 32.4 Å². The van der Waals surface area contributed by atoms with Gasteiger partial charge in [-0.1, -0.05) is 0 Å². The van der Waals surface area contributed by atoms with Gasteiger partial charge in [0.1, 0.15) is 4.90 Å². The molecule has 0 aliphatic heterocycles. The first-order valence-electron chi connectivity index (χ1n) is 6.07. The molecule has 108 valence electrons. The number of nitrogens with two attached hydrogens (primary N) is 1. The van der Waals surface area contributed by atoms with Gasteiger partial charge in [0.25, 0.3) is 0 Å². The van der Waals surface area contributed by atoms with Gasteiger partial charge < -0.3 is 16.0 Å². The Hall–Kier alpha value is -2.06. The van der Waals surface area contributed by atoms with E-state index >= 15 is 0 Å². The number of benzene rings is 1. The van der Waals surface area contributed by atoms with Crippen LogP contribution in [0.3, 0.4) is 0 Å². The average molecular weight is 296 g/mol. The molecule has 0 fully saturated rings. The normalized spacial score (nSPS) is 11.7. The smallest absolute Gasteiger partial charge is 0.243 e. The van der Waals surface area contributed by atoms with Gasteiger partial charge in [0.05, 0.1) is 6.54 Å². The summed E-state index contributed by atoms with van der Waals surface area (Å²) >= 11 is 0. The first kappa shape index (κ1) is 14.4. The number of aromatic amines is 1. The monoisotopic (exact) mass is 296 g/mol. The number of nitrogens with one attached hydrogen (secondary N) is 3. The molecule has 0 atom stereocenters. The van der Waals surface area contributed by atoms with Gasteiger partial charge in [-0.3, -0.25) is 4.79 Å². The number of fused-ring (bicyclic) bond motifs is 1. The largest absolute Gasteiger partial charge is 0.399 e. The molecule has 0 spiro atoms. The fourth-order valence-electron chi connectivity index (χ4n) is 1.83. The molecule has 0 aliphatic rings. The molecule has 0 unspecified atom stereocenters. The summed E-state index contributed by atoms with van der Waals surface area (Å²) in [5.41, 5.74) is 6.80. The van der Waals surface area contributed by atoms with E-state index in [0.29, 0.717) is 23.1 Å². The highest BCUT2D eigenvalue weighted by Crippen LogP contribution is 2.24. The lowest BCUT2D eigenvalue weighted by atomic mass is 10.2. The number of rotatable bonds is 5. The first-order chi connectivity index (χ1) is 9.44. The van der Waals surface area contributed by atoms with E-state index in [0.717, 1.165) is 0 Å². The number of carbonyl (C=O) groups is 1.